The number of benzene rings is 2. The van der Waals surface area contributed by atoms with Gasteiger partial charge in [-0.25, -0.2) is 13.2 Å². The summed E-state index contributed by atoms with van der Waals surface area (Å²) in [6.07, 6.45) is -1.21. The number of nitrogens with one attached hydrogen (secondary N) is 1. The number of halogens is 1. The second-order valence-corrected chi connectivity index (χ2v) is 8.92. The number of ether oxygens (including phenoxy) is 1. The Kier molecular flexibility index (Phi) is 8.31. The highest BCUT2D eigenvalue weighted by Crippen LogP contribution is 2.27. The Morgan fingerprint density at radius 1 is 1.16 bits per heavy atom. The molecular formula is C20H22ClN3O7S. The molecule has 0 fully saturated rings. The normalized spacial score (nSPS) is 12.3. The topological polar surface area (TPSA) is 136 Å². The Morgan fingerprint density at radius 2 is 1.75 bits per heavy atom. The van der Waals surface area contributed by atoms with Gasteiger partial charge in [-0.15, -0.1) is 0 Å². The number of hydrogen-bond donors (Lipinski definition) is 1. The van der Waals surface area contributed by atoms with Gasteiger partial charge in [0, 0.05) is 25.2 Å². The fraction of sp³-hybridized carbons (Fsp3) is 0.300. The fourth-order valence-electron chi connectivity index (χ4n) is 2.71. The van der Waals surface area contributed by atoms with Crippen molar-refractivity contribution in [1.82, 2.24) is 4.31 Å². The maximum Gasteiger partial charge on any atom is 0.338 e. The predicted octanol–water partition coefficient (Wildman–Crippen LogP) is 3.46. The van der Waals surface area contributed by atoms with Gasteiger partial charge in [-0.05, 0) is 37.3 Å². The highest BCUT2D eigenvalue weighted by atomic mass is 35.5. The van der Waals surface area contributed by atoms with Gasteiger partial charge in [0.25, 0.3) is 11.6 Å². The van der Waals surface area contributed by atoms with Crippen molar-refractivity contribution in [3.63, 3.8) is 0 Å². The molecule has 0 aromatic heterocycles. The van der Waals surface area contributed by atoms with Crippen molar-refractivity contribution < 1.29 is 27.7 Å². The maximum absolute atomic E-state index is 12.5. The van der Waals surface area contributed by atoms with Crippen LogP contribution in [0.5, 0.6) is 0 Å². The van der Waals surface area contributed by atoms with E-state index >= 15 is 0 Å². The molecule has 0 saturated carbocycles. The van der Waals surface area contributed by atoms with Crippen LogP contribution in [0, 0.1) is 10.1 Å². The van der Waals surface area contributed by atoms with E-state index in [1.807, 2.05) is 0 Å². The number of nitro groups is 1. The Hall–Kier alpha value is -3.02. The number of rotatable bonds is 9. The Balaban J connectivity index is 2.06. The van der Waals surface area contributed by atoms with E-state index in [2.05, 4.69) is 5.32 Å². The minimum atomic E-state index is -3.66. The molecule has 0 bridgehead atoms. The van der Waals surface area contributed by atoms with Crippen molar-refractivity contribution in [3.8, 4) is 0 Å². The van der Waals surface area contributed by atoms with Crippen LogP contribution in [0.1, 0.15) is 31.1 Å². The first-order valence-corrected chi connectivity index (χ1v) is 11.4. The molecule has 1 unspecified atom stereocenters. The van der Waals surface area contributed by atoms with E-state index < -0.39 is 32.9 Å². The second-order valence-electron chi connectivity index (χ2n) is 6.57. The van der Waals surface area contributed by atoms with Crippen molar-refractivity contribution in [3.05, 3.63) is 63.2 Å². The number of esters is 1. The maximum atomic E-state index is 12.5. The SMILES string of the molecule is CCN(CC)S(=O)(=O)c1ccc(C(=O)OC(C)C(=O)Nc2ccc([N+](=O)[O-])cc2Cl)cc1. The number of carbonyl (C=O) groups is 2. The largest absolute Gasteiger partial charge is 0.449 e. The fourth-order valence-corrected chi connectivity index (χ4v) is 4.39. The monoisotopic (exact) mass is 483 g/mol. The van der Waals surface area contributed by atoms with Crippen molar-refractivity contribution in [2.24, 2.45) is 0 Å². The molecule has 0 aliphatic heterocycles. The lowest BCUT2D eigenvalue weighted by molar-refractivity contribution is -0.384. The molecule has 0 aliphatic rings. The average molecular weight is 484 g/mol. The summed E-state index contributed by atoms with van der Waals surface area (Å²) in [6, 6.07) is 8.72. The molecule has 0 radical (unpaired) electrons. The highest BCUT2D eigenvalue weighted by molar-refractivity contribution is 7.89. The zero-order valence-electron chi connectivity index (χ0n) is 17.6. The summed E-state index contributed by atoms with van der Waals surface area (Å²) in [4.78, 5) is 34.8. The van der Waals surface area contributed by atoms with E-state index in [1.165, 1.54) is 47.6 Å². The lowest BCUT2D eigenvalue weighted by Crippen LogP contribution is -2.31. The number of nitrogens with zero attached hydrogens (tertiary/aromatic N) is 2. The first-order chi connectivity index (χ1) is 15.0. The summed E-state index contributed by atoms with van der Waals surface area (Å²) in [5.41, 5.74) is -0.0495. The molecule has 0 spiro atoms. The number of sulfonamides is 1. The van der Waals surface area contributed by atoms with Gasteiger partial charge in [0.2, 0.25) is 10.0 Å². The molecule has 32 heavy (non-hydrogen) atoms. The third kappa shape index (κ3) is 5.81. The molecular weight excluding hydrogens is 462 g/mol. The minimum Gasteiger partial charge on any atom is -0.449 e. The van der Waals surface area contributed by atoms with Gasteiger partial charge in [-0.2, -0.15) is 4.31 Å². The van der Waals surface area contributed by atoms with E-state index in [9.17, 15) is 28.1 Å². The Bertz CT molecular complexity index is 1120. The van der Waals surface area contributed by atoms with E-state index in [0.29, 0.717) is 13.1 Å². The molecule has 1 amide bonds. The highest BCUT2D eigenvalue weighted by Gasteiger charge is 2.23. The molecule has 0 saturated heterocycles. The van der Waals surface area contributed by atoms with Gasteiger partial charge in [-0.3, -0.25) is 14.9 Å². The average Bonchev–Trinajstić information content (AvgIpc) is 2.75. The zero-order chi connectivity index (χ0) is 24.1. The summed E-state index contributed by atoms with van der Waals surface area (Å²) >= 11 is 5.94. The molecule has 172 valence electrons. The molecule has 0 heterocycles. The van der Waals surface area contributed by atoms with Gasteiger partial charge in [0.15, 0.2) is 6.10 Å². The van der Waals surface area contributed by atoms with Crippen molar-refractivity contribution in [2.45, 2.75) is 31.8 Å². The van der Waals surface area contributed by atoms with Gasteiger partial charge >= 0.3 is 5.97 Å². The summed E-state index contributed by atoms with van der Waals surface area (Å²) in [6.45, 7) is 5.42. The second kappa shape index (κ2) is 10.5. The standard InChI is InChI=1S/C20H22ClN3O7S/c1-4-23(5-2)32(29,30)16-9-6-14(7-10-16)20(26)31-13(3)19(25)22-18-11-8-15(24(27)28)12-17(18)21/h6-13H,4-5H2,1-3H3,(H,22,25). The van der Waals surface area contributed by atoms with Crippen LogP contribution in [0.25, 0.3) is 0 Å². The first-order valence-electron chi connectivity index (χ1n) is 9.57. The van der Waals surface area contributed by atoms with Crippen molar-refractivity contribution in [2.75, 3.05) is 18.4 Å². The smallest absolute Gasteiger partial charge is 0.338 e. The summed E-state index contributed by atoms with van der Waals surface area (Å²) < 4.78 is 31.4. The van der Waals surface area contributed by atoms with Crippen LogP contribution < -0.4 is 5.32 Å². The Labute approximate surface area is 190 Å². The van der Waals surface area contributed by atoms with Crippen LogP contribution in [0.3, 0.4) is 0 Å². The van der Waals surface area contributed by atoms with Crippen molar-refractivity contribution >= 4 is 44.9 Å². The van der Waals surface area contributed by atoms with Crippen LogP contribution in [0.15, 0.2) is 47.4 Å². The van der Waals surface area contributed by atoms with E-state index in [1.54, 1.807) is 13.8 Å². The lowest BCUT2D eigenvalue weighted by Gasteiger charge is -2.18. The van der Waals surface area contributed by atoms with Crippen LogP contribution in [0.2, 0.25) is 5.02 Å². The Morgan fingerprint density at radius 3 is 2.25 bits per heavy atom. The minimum absolute atomic E-state index is 0.0383. The van der Waals surface area contributed by atoms with Gasteiger partial charge in [0.05, 0.1) is 26.1 Å². The molecule has 12 heteroatoms. The van der Waals surface area contributed by atoms with Crippen LogP contribution in [-0.2, 0) is 19.6 Å². The molecule has 10 nitrogen and oxygen atoms in total. The summed E-state index contributed by atoms with van der Waals surface area (Å²) in [7, 11) is -3.66. The molecule has 2 rings (SSSR count). The van der Waals surface area contributed by atoms with Gasteiger partial charge in [-0.1, -0.05) is 25.4 Å². The first kappa shape index (κ1) is 25.2. The quantitative estimate of drug-likeness (QED) is 0.327. The van der Waals surface area contributed by atoms with Crippen LogP contribution >= 0.6 is 11.6 Å². The summed E-state index contributed by atoms with van der Waals surface area (Å²) in [5, 5.41) is 13.1. The number of nitro benzene ring substituents is 1. The molecule has 1 atom stereocenters. The van der Waals surface area contributed by atoms with Crippen LogP contribution in [-0.4, -0.2) is 48.7 Å². The van der Waals surface area contributed by atoms with E-state index in [0.717, 1.165) is 6.07 Å². The zero-order valence-corrected chi connectivity index (χ0v) is 19.1. The third-order valence-corrected chi connectivity index (χ3v) is 6.88. The number of amides is 1. The molecule has 2 aromatic carbocycles. The number of hydrogen-bond acceptors (Lipinski definition) is 7. The molecule has 0 aliphatic carbocycles. The van der Waals surface area contributed by atoms with E-state index in [-0.39, 0.29) is 26.9 Å². The van der Waals surface area contributed by atoms with E-state index in [4.69, 9.17) is 16.3 Å². The van der Waals surface area contributed by atoms with Gasteiger partial charge in [0.1, 0.15) is 0 Å². The third-order valence-electron chi connectivity index (χ3n) is 4.51. The number of non-ortho nitro benzene ring substituents is 1. The summed E-state index contributed by atoms with van der Waals surface area (Å²) in [5.74, 6) is -1.52. The lowest BCUT2D eigenvalue weighted by atomic mass is 10.2. The van der Waals surface area contributed by atoms with Crippen molar-refractivity contribution in [1.29, 1.82) is 0 Å². The molecule has 1 N–H and O–H groups in total. The number of anilines is 1. The van der Waals surface area contributed by atoms with Crippen LogP contribution in [0.4, 0.5) is 11.4 Å². The predicted molar refractivity (Wildman–Crippen MR) is 118 cm³/mol. The van der Waals surface area contributed by atoms with Gasteiger partial charge < -0.3 is 10.1 Å². The molecule has 2 aromatic rings. The number of carbonyl (C=O) groups excluding carboxylic acids is 2.